The van der Waals surface area contributed by atoms with E-state index in [2.05, 4.69) is 30.6 Å². The molecule has 0 aromatic carbocycles. The summed E-state index contributed by atoms with van der Waals surface area (Å²) in [4.78, 5) is 8.57. The topological polar surface area (TPSA) is 106 Å². The highest BCUT2D eigenvalue weighted by Crippen LogP contribution is 2.33. The number of hydrogen-bond donors (Lipinski definition) is 2. The summed E-state index contributed by atoms with van der Waals surface area (Å²) in [6.07, 6.45) is -1.62. The smallest absolute Gasteiger partial charge is 0.378 e. The van der Waals surface area contributed by atoms with Gasteiger partial charge < -0.3 is 10.4 Å². The number of aromatic nitrogens is 7. The maximum Gasteiger partial charge on any atom is 0.420 e. The van der Waals surface area contributed by atoms with Gasteiger partial charge in [0.1, 0.15) is 18.3 Å². The van der Waals surface area contributed by atoms with E-state index < -0.39 is 24.9 Å². The molecule has 0 fully saturated rings. The first kappa shape index (κ1) is 20.7. The van der Waals surface area contributed by atoms with E-state index in [1.165, 1.54) is 10.6 Å². The molecule has 0 radical (unpaired) electrons. The molecule has 13 heteroatoms. The molecule has 31 heavy (non-hydrogen) atoms. The number of aryl methyl sites for hydroxylation is 1. The molecule has 0 saturated heterocycles. The van der Waals surface area contributed by atoms with Crippen LogP contribution in [-0.4, -0.2) is 57.9 Å². The highest BCUT2D eigenvalue weighted by atomic mass is 19.4. The molecule has 4 aromatic heterocycles. The molecule has 0 amide bonds. The molecule has 1 atom stereocenters. The number of nitrogens with one attached hydrogen (secondary N) is 1. The van der Waals surface area contributed by atoms with E-state index in [9.17, 15) is 22.7 Å². The number of hydrogen-bond acceptors (Lipinski definition) is 7. The van der Waals surface area contributed by atoms with Crippen molar-refractivity contribution in [3.05, 3.63) is 48.7 Å². The van der Waals surface area contributed by atoms with E-state index in [0.717, 1.165) is 0 Å². The maximum atomic E-state index is 13.0. The first-order chi connectivity index (χ1) is 14.7. The van der Waals surface area contributed by atoms with Crippen LogP contribution in [0.3, 0.4) is 0 Å². The molecule has 0 saturated carbocycles. The van der Waals surface area contributed by atoms with Gasteiger partial charge in [-0.1, -0.05) is 0 Å². The number of anilines is 2. The normalized spacial score (nSPS) is 14.0. The highest BCUT2D eigenvalue weighted by Gasteiger charge is 2.54. The number of aliphatic hydroxyl groups is 1. The molecule has 9 nitrogen and oxygen atoms in total. The predicted octanol–water partition coefficient (Wildman–Crippen LogP) is 2.47. The largest absolute Gasteiger partial charge is 0.420 e. The molecule has 2 N–H and O–H groups in total. The molecule has 4 heterocycles. The van der Waals surface area contributed by atoms with Gasteiger partial charge in [0.05, 0.1) is 11.9 Å². The average molecular weight is 436 g/mol. The number of fused-ring (bicyclic) bond motifs is 1. The summed E-state index contributed by atoms with van der Waals surface area (Å²) >= 11 is 0. The van der Waals surface area contributed by atoms with Gasteiger partial charge in [-0.15, -0.1) is 10.2 Å². The first-order valence-corrected chi connectivity index (χ1v) is 8.97. The van der Waals surface area contributed by atoms with E-state index in [4.69, 9.17) is 0 Å². The van der Waals surface area contributed by atoms with Crippen LogP contribution in [0.2, 0.25) is 0 Å². The zero-order valence-electron chi connectivity index (χ0n) is 16.0. The SMILES string of the molecule is Cn1nccc1Nc1nccc(-c2ccn3c(CC(O)(CF)C(F)(F)F)nnc3c2)n1. The molecular formula is C18H16F4N8O. The fourth-order valence-electron chi connectivity index (χ4n) is 2.90. The van der Waals surface area contributed by atoms with Crippen LogP contribution in [-0.2, 0) is 13.5 Å². The van der Waals surface area contributed by atoms with Crippen LogP contribution in [0, 0.1) is 0 Å². The van der Waals surface area contributed by atoms with Gasteiger partial charge in [-0.3, -0.25) is 9.08 Å². The van der Waals surface area contributed by atoms with Crippen molar-refractivity contribution in [2.45, 2.75) is 18.2 Å². The summed E-state index contributed by atoms with van der Waals surface area (Å²) in [7, 11) is 1.76. The molecule has 4 aromatic rings. The quantitative estimate of drug-likeness (QED) is 0.447. The number of pyridine rings is 1. The lowest BCUT2D eigenvalue weighted by molar-refractivity contribution is -0.264. The third-order valence-corrected chi connectivity index (χ3v) is 4.69. The summed E-state index contributed by atoms with van der Waals surface area (Å²) in [6, 6.07) is 6.56. The Morgan fingerprint density at radius 3 is 2.61 bits per heavy atom. The van der Waals surface area contributed by atoms with Crippen LogP contribution in [0.25, 0.3) is 16.9 Å². The predicted molar refractivity (Wildman–Crippen MR) is 101 cm³/mol. The first-order valence-electron chi connectivity index (χ1n) is 8.97. The van der Waals surface area contributed by atoms with Crippen LogP contribution < -0.4 is 5.32 Å². The van der Waals surface area contributed by atoms with Crippen molar-refractivity contribution in [1.82, 2.24) is 34.3 Å². The summed E-state index contributed by atoms with van der Waals surface area (Å²) in [5, 5.41) is 24.3. The Balaban J connectivity index is 1.63. The Labute approximate surface area is 172 Å². The van der Waals surface area contributed by atoms with E-state index in [1.807, 2.05) is 0 Å². The summed E-state index contributed by atoms with van der Waals surface area (Å²) in [5.74, 6) is 0.779. The minimum Gasteiger partial charge on any atom is -0.378 e. The van der Waals surface area contributed by atoms with Gasteiger partial charge in [0.25, 0.3) is 0 Å². The second-order valence-corrected chi connectivity index (χ2v) is 6.83. The number of rotatable bonds is 6. The Kier molecular flexibility index (Phi) is 5.05. The Morgan fingerprint density at radius 2 is 1.94 bits per heavy atom. The molecule has 1 unspecified atom stereocenters. The fourth-order valence-corrected chi connectivity index (χ4v) is 2.90. The van der Waals surface area contributed by atoms with Crippen molar-refractivity contribution in [2.75, 3.05) is 12.0 Å². The van der Waals surface area contributed by atoms with E-state index in [0.29, 0.717) is 23.0 Å². The van der Waals surface area contributed by atoms with Crippen molar-refractivity contribution >= 4 is 17.4 Å². The molecule has 162 valence electrons. The lowest BCUT2D eigenvalue weighted by atomic mass is 10.0. The van der Waals surface area contributed by atoms with Gasteiger partial charge >= 0.3 is 6.18 Å². The second-order valence-electron chi connectivity index (χ2n) is 6.83. The zero-order valence-corrected chi connectivity index (χ0v) is 16.0. The third-order valence-electron chi connectivity index (χ3n) is 4.69. The van der Waals surface area contributed by atoms with Gasteiger partial charge in [0.2, 0.25) is 5.95 Å². The number of nitrogens with zero attached hydrogens (tertiary/aromatic N) is 7. The lowest BCUT2D eigenvalue weighted by Crippen LogP contribution is -2.49. The maximum absolute atomic E-state index is 13.0. The molecule has 4 rings (SSSR count). The van der Waals surface area contributed by atoms with Crippen LogP contribution in [0.5, 0.6) is 0 Å². The molecule has 0 bridgehead atoms. The van der Waals surface area contributed by atoms with Crippen molar-refractivity contribution in [1.29, 1.82) is 0 Å². The average Bonchev–Trinajstić information content (AvgIpc) is 3.33. The number of halogens is 4. The van der Waals surface area contributed by atoms with E-state index in [1.54, 1.807) is 48.4 Å². The Morgan fingerprint density at radius 1 is 1.13 bits per heavy atom. The van der Waals surface area contributed by atoms with Crippen molar-refractivity contribution in [2.24, 2.45) is 7.05 Å². The molecular weight excluding hydrogens is 420 g/mol. The van der Waals surface area contributed by atoms with Crippen molar-refractivity contribution in [3.8, 4) is 11.3 Å². The third kappa shape index (κ3) is 3.91. The minimum absolute atomic E-state index is 0.218. The summed E-state index contributed by atoms with van der Waals surface area (Å²) in [5.41, 5.74) is -2.18. The van der Waals surface area contributed by atoms with Crippen LogP contribution in [0.1, 0.15) is 5.82 Å². The second kappa shape index (κ2) is 7.58. The highest BCUT2D eigenvalue weighted by molar-refractivity contribution is 5.65. The Bertz CT molecular complexity index is 1220. The van der Waals surface area contributed by atoms with Crippen molar-refractivity contribution in [3.63, 3.8) is 0 Å². The zero-order chi connectivity index (χ0) is 22.2. The molecule has 0 aliphatic rings. The fraction of sp³-hybridized carbons (Fsp3) is 0.278. The minimum atomic E-state index is -5.15. The summed E-state index contributed by atoms with van der Waals surface area (Å²) < 4.78 is 54.8. The molecule has 0 aliphatic carbocycles. The van der Waals surface area contributed by atoms with E-state index >= 15 is 0 Å². The van der Waals surface area contributed by atoms with Gasteiger partial charge in [-0.25, -0.2) is 14.4 Å². The van der Waals surface area contributed by atoms with Gasteiger partial charge in [0, 0.05) is 37.5 Å². The van der Waals surface area contributed by atoms with Gasteiger partial charge in [-0.05, 0) is 18.2 Å². The van der Waals surface area contributed by atoms with Crippen LogP contribution in [0.4, 0.5) is 29.3 Å². The van der Waals surface area contributed by atoms with Gasteiger partial charge in [-0.2, -0.15) is 18.3 Å². The molecule has 0 spiro atoms. The number of alkyl halides is 4. The van der Waals surface area contributed by atoms with Gasteiger partial charge in [0.15, 0.2) is 11.2 Å². The van der Waals surface area contributed by atoms with E-state index in [-0.39, 0.29) is 11.5 Å². The van der Waals surface area contributed by atoms with Crippen molar-refractivity contribution < 1.29 is 22.7 Å². The monoisotopic (exact) mass is 436 g/mol. The van der Waals surface area contributed by atoms with Crippen LogP contribution >= 0.6 is 0 Å². The molecule has 0 aliphatic heterocycles. The Hall–Kier alpha value is -3.61. The summed E-state index contributed by atoms with van der Waals surface area (Å²) in [6.45, 7) is -1.99. The standard InChI is InChI=1S/C18H16F4N8O/c1-29-13(3-6-24-29)26-16-23-5-2-12(25-16)11-4-7-30-14(8-11)27-28-15(30)9-17(31,10-19)18(20,21)22/h2-8,31H,9-10H2,1H3,(H,23,25,26). The van der Waals surface area contributed by atoms with Crippen LogP contribution in [0.15, 0.2) is 42.9 Å². The lowest BCUT2D eigenvalue weighted by Gasteiger charge is -2.26.